The van der Waals surface area contributed by atoms with Crippen LogP contribution in [-0.2, 0) is 0 Å². The van der Waals surface area contributed by atoms with Crippen LogP contribution in [0.2, 0.25) is 0 Å². The number of aryl methyl sites for hydroxylation is 2. The van der Waals surface area contributed by atoms with Crippen molar-refractivity contribution < 1.29 is 9.59 Å². The number of hydrogen-bond acceptors (Lipinski definition) is 4. The Bertz CT molecular complexity index is 2940. The zero-order chi connectivity index (χ0) is 37.9. The molecule has 1 aliphatic heterocycles. The Morgan fingerprint density at radius 2 is 1.00 bits per heavy atom. The van der Waals surface area contributed by atoms with E-state index in [0.717, 1.165) is 77.4 Å². The first-order valence-corrected chi connectivity index (χ1v) is 18.6. The fraction of sp³-hybridized carbons (Fsp3) is 0.0400. The van der Waals surface area contributed by atoms with Crippen LogP contribution in [0.1, 0.15) is 31.8 Å². The second-order valence-corrected chi connectivity index (χ2v) is 14.3. The number of amides is 2. The smallest absolute Gasteiger partial charge is 0.268 e. The summed E-state index contributed by atoms with van der Waals surface area (Å²) in [6, 6.07) is 48.7. The van der Waals surface area contributed by atoms with Crippen molar-refractivity contribution in [2.24, 2.45) is 0 Å². The van der Waals surface area contributed by atoms with Crippen LogP contribution in [0, 0.1) is 13.8 Å². The highest BCUT2D eigenvalue weighted by molar-refractivity contribution is 6.36. The highest BCUT2D eigenvalue weighted by atomic mass is 16.2. The van der Waals surface area contributed by atoms with Gasteiger partial charge in [-0.05, 0) is 112 Å². The molecule has 0 saturated heterocycles. The van der Waals surface area contributed by atoms with E-state index >= 15 is 4.79 Å². The van der Waals surface area contributed by atoms with Gasteiger partial charge in [0.05, 0.1) is 33.5 Å². The molecule has 6 aromatic carbocycles. The highest BCUT2D eigenvalue weighted by Crippen LogP contribution is 2.43. The molecular weight excluding hydrogens is 689 g/mol. The van der Waals surface area contributed by atoms with Gasteiger partial charge in [-0.1, -0.05) is 97.1 Å². The number of rotatable bonds is 6. The van der Waals surface area contributed by atoms with Crippen molar-refractivity contribution in [3.8, 4) is 50.2 Å². The lowest BCUT2D eigenvalue weighted by Crippen LogP contribution is -2.30. The highest BCUT2D eigenvalue weighted by Gasteiger charge is 2.40. The molecule has 0 radical (unpaired) electrons. The van der Waals surface area contributed by atoms with E-state index in [2.05, 4.69) is 83.0 Å². The number of carbonyl (C=O) groups is 2. The number of benzene rings is 6. The second-order valence-electron chi connectivity index (χ2n) is 14.3. The molecule has 6 nitrogen and oxygen atoms in total. The Morgan fingerprint density at radius 3 is 1.59 bits per heavy atom. The molecule has 9 aromatic rings. The number of fused-ring (bicyclic) bond motifs is 4. The molecule has 266 valence electrons. The Balaban J connectivity index is 1.20. The van der Waals surface area contributed by atoms with Crippen molar-refractivity contribution >= 4 is 39.3 Å². The summed E-state index contributed by atoms with van der Waals surface area (Å²) < 4.78 is 2.16. The van der Waals surface area contributed by atoms with Gasteiger partial charge in [-0.3, -0.25) is 19.6 Å². The van der Waals surface area contributed by atoms with Crippen molar-refractivity contribution in [1.29, 1.82) is 0 Å². The number of hydrogen-bond donors (Lipinski definition) is 0. The summed E-state index contributed by atoms with van der Waals surface area (Å²) in [4.78, 5) is 39.7. The molecule has 0 saturated carbocycles. The SMILES string of the molecule is Cc1cnccc1-c1ccc2c3ccc(-c4ccncc4C)cc3n(-c3cccc4c3C(=O)N(c3ccc(-c5ccccc5)cc3-c3ccccc3)C4=O)c2c1. The van der Waals surface area contributed by atoms with Gasteiger partial charge < -0.3 is 4.57 Å². The van der Waals surface area contributed by atoms with Crippen LogP contribution >= 0.6 is 0 Å². The maximum atomic E-state index is 15.1. The van der Waals surface area contributed by atoms with E-state index in [-0.39, 0.29) is 11.8 Å². The van der Waals surface area contributed by atoms with Gasteiger partial charge in [-0.2, -0.15) is 0 Å². The van der Waals surface area contributed by atoms with Gasteiger partial charge in [0.2, 0.25) is 0 Å². The number of anilines is 1. The standard InChI is InChI=1S/C50H34N4O2/c1-31-29-51-24-22-38(31)36-16-19-40-41-20-17-37(39-23-25-52-30-32(39)2)28-47(41)53(46(40)27-36)45-15-9-14-42-48(45)50(56)54(49(42)55)44-21-18-35(33-10-5-3-6-11-33)26-43(44)34-12-7-4-8-13-34/h3-30H,1-2H3. The van der Waals surface area contributed by atoms with Gasteiger partial charge in [0, 0.05) is 41.1 Å². The Kier molecular flexibility index (Phi) is 7.78. The van der Waals surface area contributed by atoms with Crippen LogP contribution in [0.5, 0.6) is 0 Å². The monoisotopic (exact) mass is 722 g/mol. The van der Waals surface area contributed by atoms with Gasteiger partial charge in [0.1, 0.15) is 0 Å². The lowest BCUT2D eigenvalue weighted by Gasteiger charge is -2.20. The number of pyridine rings is 2. The normalized spacial score (nSPS) is 12.5. The van der Waals surface area contributed by atoms with Crippen molar-refractivity contribution in [3.05, 3.63) is 193 Å². The Labute approximate surface area is 324 Å². The molecule has 56 heavy (non-hydrogen) atoms. The maximum absolute atomic E-state index is 15.1. The Hall–Kier alpha value is -7.44. The summed E-state index contributed by atoms with van der Waals surface area (Å²) in [7, 11) is 0. The van der Waals surface area contributed by atoms with Gasteiger partial charge in [-0.15, -0.1) is 0 Å². The zero-order valence-corrected chi connectivity index (χ0v) is 30.8. The van der Waals surface area contributed by atoms with Crippen LogP contribution in [-0.4, -0.2) is 26.3 Å². The molecule has 10 rings (SSSR count). The predicted molar refractivity (Wildman–Crippen MR) is 225 cm³/mol. The fourth-order valence-corrected chi connectivity index (χ4v) is 8.27. The second kappa shape index (κ2) is 13.1. The van der Waals surface area contributed by atoms with E-state index in [4.69, 9.17) is 0 Å². The fourth-order valence-electron chi connectivity index (χ4n) is 8.27. The summed E-state index contributed by atoms with van der Waals surface area (Å²) >= 11 is 0. The third-order valence-electron chi connectivity index (χ3n) is 11.0. The average molecular weight is 723 g/mol. The molecule has 0 N–H and O–H groups in total. The molecule has 0 unspecified atom stereocenters. The molecular formula is C50H34N4O2. The Morgan fingerprint density at radius 1 is 0.429 bits per heavy atom. The van der Waals surface area contributed by atoms with Gasteiger partial charge in [0.25, 0.3) is 11.8 Å². The molecule has 1 aliphatic rings. The minimum Gasteiger partial charge on any atom is -0.308 e. The van der Waals surface area contributed by atoms with E-state index < -0.39 is 0 Å². The van der Waals surface area contributed by atoms with Crippen LogP contribution in [0.25, 0.3) is 72.0 Å². The minimum atomic E-state index is -0.359. The topological polar surface area (TPSA) is 68.1 Å². The maximum Gasteiger partial charge on any atom is 0.268 e. The lowest BCUT2D eigenvalue weighted by atomic mass is 9.97. The number of imide groups is 1. The third-order valence-corrected chi connectivity index (χ3v) is 11.0. The summed E-state index contributed by atoms with van der Waals surface area (Å²) in [5, 5.41) is 2.09. The van der Waals surface area contributed by atoms with Crippen LogP contribution < -0.4 is 4.90 Å². The first kappa shape index (κ1) is 33.2. The first-order chi connectivity index (χ1) is 27.5. The molecule has 6 heteroatoms. The number of aromatic nitrogens is 3. The van der Waals surface area contributed by atoms with E-state index in [1.165, 1.54) is 4.90 Å². The van der Waals surface area contributed by atoms with Crippen molar-refractivity contribution in [3.63, 3.8) is 0 Å². The van der Waals surface area contributed by atoms with Crippen LogP contribution in [0.15, 0.2) is 170 Å². The third kappa shape index (κ3) is 5.26. The quantitative estimate of drug-likeness (QED) is 0.160. The average Bonchev–Trinajstić information content (AvgIpc) is 3.70. The largest absolute Gasteiger partial charge is 0.308 e. The number of nitrogens with zero attached hydrogens (tertiary/aromatic N) is 4. The molecule has 3 aromatic heterocycles. The minimum absolute atomic E-state index is 0.349. The molecule has 2 amide bonds. The van der Waals surface area contributed by atoms with Crippen LogP contribution in [0.3, 0.4) is 0 Å². The molecule has 0 atom stereocenters. The van der Waals surface area contributed by atoms with E-state index in [1.54, 1.807) is 6.07 Å². The van der Waals surface area contributed by atoms with Gasteiger partial charge in [-0.25, -0.2) is 4.90 Å². The lowest BCUT2D eigenvalue weighted by molar-refractivity contribution is 0.0926. The number of carbonyl (C=O) groups excluding carboxylic acids is 2. The van der Waals surface area contributed by atoms with Crippen molar-refractivity contribution in [2.75, 3.05) is 4.90 Å². The molecule has 4 heterocycles. The predicted octanol–water partition coefficient (Wildman–Crippen LogP) is 11.7. The van der Waals surface area contributed by atoms with Crippen LogP contribution in [0.4, 0.5) is 5.69 Å². The summed E-state index contributed by atoms with van der Waals surface area (Å²) in [5.74, 6) is -0.707. The summed E-state index contributed by atoms with van der Waals surface area (Å²) in [6.07, 6.45) is 7.36. The first-order valence-electron chi connectivity index (χ1n) is 18.6. The summed E-state index contributed by atoms with van der Waals surface area (Å²) in [6.45, 7) is 4.12. The summed E-state index contributed by atoms with van der Waals surface area (Å²) in [5.41, 5.74) is 13.9. The van der Waals surface area contributed by atoms with Gasteiger partial charge in [0.15, 0.2) is 0 Å². The molecule has 0 bridgehead atoms. The van der Waals surface area contributed by atoms with E-state index in [0.29, 0.717) is 22.5 Å². The van der Waals surface area contributed by atoms with Gasteiger partial charge >= 0.3 is 0 Å². The molecule has 0 spiro atoms. The van der Waals surface area contributed by atoms with E-state index in [1.807, 2.05) is 110 Å². The van der Waals surface area contributed by atoms with Crippen molar-refractivity contribution in [1.82, 2.24) is 14.5 Å². The zero-order valence-electron chi connectivity index (χ0n) is 30.8. The van der Waals surface area contributed by atoms with Crippen molar-refractivity contribution in [2.45, 2.75) is 13.8 Å². The van der Waals surface area contributed by atoms with E-state index in [9.17, 15) is 4.79 Å². The molecule has 0 aliphatic carbocycles. The molecule has 0 fully saturated rings.